The summed E-state index contributed by atoms with van der Waals surface area (Å²) in [6.07, 6.45) is 1.97. The van der Waals surface area contributed by atoms with Gasteiger partial charge in [-0.25, -0.2) is 0 Å². The maximum atomic E-state index is 5.65. The van der Waals surface area contributed by atoms with Crippen molar-refractivity contribution in [2.75, 3.05) is 20.2 Å². The molecular weight excluding hydrogens is 262 g/mol. The minimum atomic E-state index is 0.00967. The van der Waals surface area contributed by atoms with Gasteiger partial charge in [0, 0.05) is 19.1 Å². The van der Waals surface area contributed by atoms with Crippen LogP contribution in [0.15, 0.2) is 29.3 Å². The van der Waals surface area contributed by atoms with E-state index in [1.165, 1.54) is 5.56 Å². The van der Waals surface area contributed by atoms with Crippen LogP contribution in [0.5, 0.6) is 5.75 Å². The number of aliphatic imine (C=N–C) groups is 1. The zero-order chi connectivity index (χ0) is 15.7. The predicted octanol–water partition coefficient (Wildman–Crippen LogP) is 2.98. The lowest BCUT2D eigenvalue weighted by Gasteiger charge is -2.23. The van der Waals surface area contributed by atoms with Crippen LogP contribution >= 0.6 is 0 Å². The maximum absolute atomic E-state index is 5.65. The van der Waals surface area contributed by atoms with E-state index in [4.69, 9.17) is 4.74 Å². The van der Waals surface area contributed by atoms with E-state index in [0.29, 0.717) is 0 Å². The van der Waals surface area contributed by atoms with Crippen molar-refractivity contribution in [3.8, 4) is 5.75 Å². The Hall–Kier alpha value is -1.71. The van der Waals surface area contributed by atoms with Crippen LogP contribution in [0.2, 0.25) is 0 Å². The molecule has 0 aliphatic heterocycles. The highest BCUT2D eigenvalue weighted by Gasteiger charge is 2.11. The molecule has 0 aliphatic rings. The summed E-state index contributed by atoms with van der Waals surface area (Å²) in [6, 6.07) is 8.28. The van der Waals surface area contributed by atoms with Crippen LogP contribution < -0.4 is 15.4 Å². The van der Waals surface area contributed by atoms with E-state index in [-0.39, 0.29) is 5.54 Å². The van der Waals surface area contributed by atoms with E-state index in [1.54, 1.807) is 7.05 Å². The van der Waals surface area contributed by atoms with Crippen molar-refractivity contribution in [3.05, 3.63) is 29.8 Å². The zero-order valence-electron chi connectivity index (χ0n) is 14.0. The second kappa shape index (κ2) is 8.55. The number of guanidine groups is 1. The number of hydrogen-bond donors (Lipinski definition) is 2. The van der Waals surface area contributed by atoms with Crippen LogP contribution in [0.1, 0.15) is 39.7 Å². The molecule has 1 aromatic carbocycles. The molecule has 0 aliphatic carbocycles. The van der Waals surface area contributed by atoms with Gasteiger partial charge in [-0.2, -0.15) is 0 Å². The van der Waals surface area contributed by atoms with Crippen LogP contribution in [0.25, 0.3) is 0 Å². The first-order chi connectivity index (χ1) is 9.94. The van der Waals surface area contributed by atoms with E-state index in [2.05, 4.69) is 55.5 Å². The molecule has 0 amide bonds. The van der Waals surface area contributed by atoms with Gasteiger partial charge in [0.15, 0.2) is 5.96 Å². The van der Waals surface area contributed by atoms with Gasteiger partial charge in [0.25, 0.3) is 0 Å². The molecule has 0 atom stereocenters. The lowest BCUT2D eigenvalue weighted by molar-refractivity contribution is 0.317. The minimum Gasteiger partial charge on any atom is -0.494 e. The van der Waals surface area contributed by atoms with Crippen LogP contribution in [0, 0.1) is 0 Å². The van der Waals surface area contributed by atoms with Crippen molar-refractivity contribution in [1.82, 2.24) is 10.6 Å². The molecule has 0 saturated carbocycles. The van der Waals surface area contributed by atoms with Crippen LogP contribution in [0.4, 0.5) is 0 Å². The molecule has 0 bridgehead atoms. The first kappa shape index (κ1) is 17.3. The largest absolute Gasteiger partial charge is 0.494 e. The summed E-state index contributed by atoms with van der Waals surface area (Å²) in [6.45, 7) is 10.1. The second-order valence-corrected chi connectivity index (χ2v) is 6.12. The smallest absolute Gasteiger partial charge is 0.191 e. The van der Waals surface area contributed by atoms with E-state index >= 15 is 0 Å². The topological polar surface area (TPSA) is 45.6 Å². The van der Waals surface area contributed by atoms with Crippen LogP contribution in [-0.4, -0.2) is 31.7 Å². The minimum absolute atomic E-state index is 0.00967. The Kier molecular flexibility index (Phi) is 7.06. The van der Waals surface area contributed by atoms with Gasteiger partial charge in [-0.15, -0.1) is 0 Å². The number of hydrogen-bond acceptors (Lipinski definition) is 2. The molecular formula is C17H29N3O. The molecule has 0 unspecified atom stereocenters. The third-order valence-corrected chi connectivity index (χ3v) is 2.79. The Bertz CT molecular complexity index is 450. The van der Waals surface area contributed by atoms with E-state index in [1.807, 2.05) is 12.1 Å². The standard InChI is InChI=1S/C17H29N3O/c1-6-12-21-15-9-7-8-14(13-15)10-11-19-16(18-5)20-17(2,3)4/h7-9,13H,6,10-12H2,1-5H3,(H2,18,19,20). The Morgan fingerprint density at radius 1 is 1.29 bits per heavy atom. The Balaban J connectivity index is 2.44. The number of nitrogens with one attached hydrogen (secondary N) is 2. The van der Waals surface area contributed by atoms with Crippen molar-refractivity contribution >= 4 is 5.96 Å². The summed E-state index contributed by atoms with van der Waals surface area (Å²) in [5, 5.41) is 6.68. The molecule has 0 aromatic heterocycles. The van der Waals surface area contributed by atoms with Gasteiger partial charge in [-0.3, -0.25) is 4.99 Å². The van der Waals surface area contributed by atoms with E-state index < -0.39 is 0 Å². The second-order valence-electron chi connectivity index (χ2n) is 6.12. The predicted molar refractivity (Wildman–Crippen MR) is 90.2 cm³/mol. The van der Waals surface area contributed by atoms with Crippen LogP contribution in [-0.2, 0) is 6.42 Å². The molecule has 21 heavy (non-hydrogen) atoms. The van der Waals surface area contributed by atoms with E-state index in [9.17, 15) is 0 Å². The normalized spacial score (nSPS) is 12.1. The Labute approximate surface area is 129 Å². The Morgan fingerprint density at radius 3 is 2.67 bits per heavy atom. The van der Waals surface area contributed by atoms with Crippen molar-refractivity contribution in [2.24, 2.45) is 4.99 Å². The molecule has 1 aromatic rings. The lowest BCUT2D eigenvalue weighted by atomic mass is 10.1. The third-order valence-electron chi connectivity index (χ3n) is 2.79. The summed E-state index contributed by atoms with van der Waals surface area (Å²) in [4.78, 5) is 4.23. The average molecular weight is 291 g/mol. The highest BCUT2D eigenvalue weighted by molar-refractivity contribution is 5.80. The summed E-state index contributed by atoms with van der Waals surface area (Å²) < 4.78 is 5.65. The number of nitrogens with zero attached hydrogens (tertiary/aromatic N) is 1. The summed E-state index contributed by atoms with van der Waals surface area (Å²) in [5.74, 6) is 1.78. The number of rotatable bonds is 6. The fourth-order valence-electron chi connectivity index (χ4n) is 1.87. The first-order valence-electron chi connectivity index (χ1n) is 7.65. The molecule has 0 spiro atoms. The molecule has 0 saturated heterocycles. The van der Waals surface area contributed by atoms with Crippen molar-refractivity contribution in [2.45, 2.75) is 46.1 Å². The molecule has 2 N–H and O–H groups in total. The monoisotopic (exact) mass is 291 g/mol. The van der Waals surface area contributed by atoms with Gasteiger partial charge in [0.05, 0.1) is 6.61 Å². The quantitative estimate of drug-likeness (QED) is 0.625. The average Bonchev–Trinajstić information content (AvgIpc) is 2.43. The SMILES string of the molecule is CCCOc1cccc(CCNC(=NC)NC(C)(C)C)c1. The Morgan fingerprint density at radius 2 is 2.05 bits per heavy atom. The third kappa shape index (κ3) is 7.59. The van der Waals surface area contributed by atoms with E-state index in [0.717, 1.165) is 37.7 Å². The highest BCUT2D eigenvalue weighted by atomic mass is 16.5. The van der Waals surface area contributed by atoms with Crippen molar-refractivity contribution in [1.29, 1.82) is 0 Å². The lowest BCUT2D eigenvalue weighted by Crippen LogP contribution is -2.48. The fraction of sp³-hybridized carbons (Fsp3) is 0.588. The number of ether oxygens (including phenoxy) is 1. The fourth-order valence-corrected chi connectivity index (χ4v) is 1.87. The molecule has 0 fully saturated rings. The van der Waals surface area contributed by atoms with Gasteiger partial charge in [0.1, 0.15) is 5.75 Å². The van der Waals surface area contributed by atoms with Crippen molar-refractivity contribution < 1.29 is 4.74 Å². The summed E-state index contributed by atoms with van der Waals surface area (Å²) in [5.41, 5.74) is 1.28. The van der Waals surface area contributed by atoms with Gasteiger partial charge in [-0.05, 0) is 51.3 Å². The van der Waals surface area contributed by atoms with Gasteiger partial charge in [-0.1, -0.05) is 19.1 Å². The molecule has 0 heterocycles. The van der Waals surface area contributed by atoms with Crippen LogP contribution in [0.3, 0.4) is 0 Å². The molecule has 0 radical (unpaired) electrons. The summed E-state index contributed by atoms with van der Waals surface area (Å²) >= 11 is 0. The molecule has 4 nitrogen and oxygen atoms in total. The molecule has 4 heteroatoms. The van der Waals surface area contributed by atoms with Gasteiger partial charge in [0.2, 0.25) is 0 Å². The zero-order valence-corrected chi connectivity index (χ0v) is 14.0. The first-order valence-corrected chi connectivity index (χ1v) is 7.65. The summed E-state index contributed by atoms with van der Waals surface area (Å²) in [7, 11) is 1.79. The highest BCUT2D eigenvalue weighted by Crippen LogP contribution is 2.13. The van der Waals surface area contributed by atoms with Gasteiger partial charge >= 0.3 is 0 Å². The molecule has 1 rings (SSSR count). The number of benzene rings is 1. The maximum Gasteiger partial charge on any atom is 0.191 e. The van der Waals surface area contributed by atoms with Crippen molar-refractivity contribution in [3.63, 3.8) is 0 Å². The van der Waals surface area contributed by atoms with Gasteiger partial charge < -0.3 is 15.4 Å². The molecule has 118 valence electrons.